The van der Waals surface area contributed by atoms with Crippen LogP contribution in [0.1, 0.15) is 32.1 Å². The molecule has 2 amide bonds. The van der Waals surface area contributed by atoms with Gasteiger partial charge in [0, 0.05) is 23.5 Å². The third-order valence-electron chi connectivity index (χ3n) is 6.35. The number of nitrogens with zero attached hydrogens (tertiary/aromatic N) is 1. The first-order valence-corrected chi connectivity index (χ1v) is 11.6. The molecule has 1 saturated heterocycles. The van der Waals surface area contributed by atoms with Crippen molar-refractivity contribution in [2.75, 3.05) is 17.4 Å². The highest BCUT2D eigenvalue weighted by Crippen LogP contribution is 2.34. The van der Waals surface area contributed by atoms with E-state index < -0.39 is 6.04 Å². The Labute approximate surface area is 197 Å². The van der Waals surface area contributed by atoms with Gasteiger partial charge < -0.3 is 30.3 Å². The predicted molar refractivity (Wildman–Crippen MR) is 128 cm³/mol. The van der Waals surface area contributed by atoms with Crippen molar-refractivity contribution in [1.82, 2.24) is 10.2 Å². The molecular weight excluding hydrogens is 440 g/mol. The average Bonchev–Trinajstić information content (AvgIpc) is 3.28. The average molecular weight is 467 g/mol. The number of anilines is 2. The van der Waals surface area contributed by atoms with Gasteiger partial charge in [-0.25, -0.2) is 0 Å². The number of ether oxygens (including phenoxy) is 2. The highest BCUT2D eigenvalue weighted by molar-refractivity contribution is 7.80. The Morgan fingerprint density at radius 3 is 2.67 bits per heavy atom. The van der Waals surface area contributed by atoms with Gasteiger partial charge in [0.1, 0.15) is 6.04 Å². The first-order valence-electron chi connectivity index (χ1n) is 11.2. The summed E-state index contributed by atoms with van der Waals surface area (Å²) in [5, 5.41) is 9.74. The second kappa shape index (κ2) is 9.27. The number of piperazine rings is 1. The smallest absolute Gasteiger partial charge is 0.243 e. The molecule has 0 bridgehead atoms. The molecule has 3 atom stereocenters. The lowest BCUT2D eigenvalue weighted by Gasteiger charge is -2.49. The summed E-state index contributed by atoms with van der Waals surface area (Å²) in [7, 11) is 0. The van der Waals surface area contributed by atoms with Crippen LogP contribution in [0.25, 0.3) is 0 Å². The Bertz CT molecular complexity index is 1060. The fourth-order valence-electron chi connectivity index (χ4n) is 4.80. The summed E-state index contributed by atoms with van der Waals surface area (Å²) in [5.74, 6) is 0.793. The largest absolute Gasteiger partial charge is 0.454 e. The zero-order valence-corrected chi connectivity index (χ0v) is 18.9. The van der Waals surface area contributed by atoms with Gasteiger partial charge in [-0.2, -0.15) is 0 Å². The van der Waals surface area contributed by atoms with Crippen molar-refractivity contribution in [3.8, 4) is 11.5 Å². The maximum absolute atomic E-state index is 13.1. The highest BCUT2D eigenvalue weighted by Gasteiger charge is 2.44. The third-order valence-corrected chi connectivity index (χ3v) is 6.66. The maximum Gasteiger partial charge on any atom is 0.243 e. The summed E-state index contributed by atoms with van der Waals surface area (Å²) in [6.07, 6.45) is 3.96. The molecule has 1 saturated carbocycles. The van der Waals surface area contributed by atoms with E-state index in [0.29, 0.717) is 22.3 Å². The molecule has 0 radical (unpaired) electrons. The van der Waals surface area contributed by atoms with Gasteiger partial charge >= 0.3 is 0 Å². The van der Waals surface area contributed by atoms with Crippen LogP contribution in [0.15, 0.2) is 48.5 Å². The van der Waals surface area contributed by atoms with Crippen molar-refractivity contribution in [2.45, 2.75) is 50.2 Å². The zero-order valence-electron chi connectivity index (χ0n) is 18.1. The molecule has 3 unspecified atom stereocenters. The van der Waals surface area contributed by atoms with Crippen LogP contribution in [0.4, 0.5) is 11.4 Å². The normalized spacial score (nSPS) is 23.3. The molecule has 5 rings (SSSR count). The van der Waals surface area contributed by atoms with Crippen molar-refractivity contribution < 1.29 is 19.1 Å². The maximum atomic E-state index is 13.1. The Morgan fingerprint density at radius 1 is 1.03 bits per heavy atom. The number of para-hydroxylation sites is 1. The van der Waals surface area contributed by atoms with Crippen molar-refractivity contribution in [3.05, 3.63) is 48.5 Å². The highest BCUT2D eigenvalue weighted by atomic mass is 32.1. The lowest BCUT2D eigenvalue weighted by molar-refractivity contribution is -0.134. The van der Waals surface area contributed by atoms with E-state index in [2.05, 4.69) is 16.0 Å². The molecule has 2 heterocycles. The molecule has 2 fully saturated rings. The van der Waals surface area contributed by atoms with Crippen LogP contribution >= 0.6 is 12.2 Å². The molecule has 9 heteroatoms. The molecule has 3 aliphatic rings. The number of fused-ring (bicyclic) bond motifs is 2. The molecule has 1 aliphatic carbocycles. The van der Waals surface area contributed by atoms with Gasteiger partial charge in [0.15, 0.2) is 16.6 Å². The number of thiocarbonyl (C=S) groups is 1. The number of amides is 2. The molecule has 8 nitrogen and oxygen atoms in total. The third kappa shape index (κ3) is 4.59. The van der Waals surface area contributed by atoms with Crippen LogP contribution in [-0.2, 0) is 9.59 Å². The van der Waals surface area contributed by atoms with E-state index in [1.807, 2.05) is 35.2 Å². The minimum atomic E-state index is -0.693. The lowest BCUT2D eigenvalue weighted by atomic mass is 9.85. The monoisotopic (exact) mass is 466 g/mol. The van der Waals surface area contributed by atoms with E-state index in [0.717, 1.165) is 31.4 Å². The molecule has 2 aliphatic heterocycles. The first kappa shape index (κ1) is 21.5. The van der Waals surface area contributed by atoms with Gasteiger partial charge in [-0.05, 0) is 49.3 Å². The summed E-state index contributed by atoms with van der Waals surface area (Å²) >= 11 is 5.76. The fourth-order valence-corrected chi connectivity index (χ4v) is 5.18. The fraction of sp³-hybridized carbons (Fsp3) is 0.375. The summed E-state index contributed by atoms with van der Waals surface area (Å²) < 4.78 is 10.7. The van der Waals surface area contributed by atoms with Gasteiger partial charge in [-0.15, -0.1) is 0 Å². The second-order valence-electron chi connectivity index (χ2n) is 8.51. The van der Waals surface area contributed by atoms with E-state index in [9.17, 15) is 9.59 Å². The topological polar surface area (TPSA) is 91.9 Å². The number of hydrogen-bond donors (Lipinski definition) is 3. The van der Waals surface area contributed by atoms with Crippen molar-refractivity contribution in [2.24, 2.45) is 0 Å². The number of nitrogens with one attached hydrogen (secondary N) is 3. The van der Waals surface area contributed by atoms with E-state index in [1.54, 1.807) is 18.2 Å². The Balaban J connectivity index is 1.34. The van der Waals surface area contributed by atoms with Gasteiger partial charge in [0.2, 0.25) is 18.6 Å². The van der Waals surface area contributed by atoms with E-state index in [1.165, 1.54) is 0 Å². The molecule has 33 heavy (non-hydrogen) atoms. The van der Waals surface area contributed by atoms with Crippen molar-refractivity contribution >= 4 is 40.5 Å². The molecule has 3 N–H and O–H groups in total. The molecule has 2 aromatic carbocycles. The minimum Gasteiger partial charge on any atom is -0.454 e. The van der Waals surface area contributed by atoms with Crippen molar-refractivity contribution in [1.29, 1.82) is 0 Å². The number of hydrogen-bond acceptors (Lipinski definition) is 5. The molecule has 172 valence electrons. The van der Waals surface area contributed by atoms with Gasteiger partial charge in [0.05, 0.1) is 12.5 Å². The Morgan fingerprint density at radius 2 is 1.82 bits per heavy atom. The van der Waals surface area contributed by atoms with Crippen LogP contribution in [0, 0.1) is 0 Å². The van der Waals surface area contributed by atoms with Gasteiger partial charge in [-0.3, -0.25) is 9.59 Å². The van der Waals surface area contributed by atoms with Crippen LogP contribution in [-0.4, -0.2) is 46.7 Å². The van der Waals surface area contributed by atoms with Gasteiger partial charge in [0.25, 0.3) is 0 Å². The summed E-state index contributed by atoms with van der Waals surface area (Å²) in [4.78, 5) is 28.0. The van der Waals surface area contributed by atoms with E-state index in [-0.39, 0.29) is 37.1 Å². The Hall–Kier alpha value is -3.33. The predicted octanol–water partition coefficient (Wildman–Crippen LogP) is 3.25. The molecule has 0 spiro atoms. The summed E-state index contributed by atoms with van der Waals surface area (Å²) in [6.45, 7) is 0.165. The van der Waals surface area contributed by atoms with Gasteiger partial charge in [-0.1, -0.05) is 31.0 Å². The SMILES string of the molecule is O=C(CC1C(=O)NC2CCCCC2N1C(=S)Nc1ccccc1)Nc1ccc2c(c1)OCO2. The minimum absolute atomic E-state index is 0.0138. The number of carbonyl (C=O) groups excluding carboxylic acids is 2. The van der Waals surface area contributed by atoms with Crippen LogP contribution in [0.2, 0.25) is 0 Å². The van der Waals surface area contributed by atoms with Crippen LogP contribution in [0.3, 0.4) is 0 Å². The number of carbonyl (C=O) groups is 2. The zero-order chi connectivity index (χ0) is 22.8. The van der Waals surface area contributed by atoms with Crippen LogP contribution < -0.4 is 25.4 Å². The van der Waals surface area contributed by atoms with E-state index in [4.69, 9.17) is 21.7 Å². The number of rotatable bonds is 4. The van der Waals surface area contributed by atoms with Crippen LogP contribution in [0.5, 0.6) is 11.5 Å². The second-order valence-corrected chi connectivity index (χ2v) is 8.89. The summed E-state index contributed by atoms with van der Waals surface area (Å²) in [6, 6.07) is 14.3. The van der Waals surface area contributed by atoms with E-state index >= 15 is 0 Å². The quantitative estimate of drug-likeness (QED) is 0.596. The standard InChI is InChI=1S/C24H26N4O4S/c29-22(25-16-10-11-20-21(12-16)32-14-31-20)13-19-23(30)27-17-8-4-5-9-18(17)28(19)24(33)26-15-6-2-1-3-7-15/h1-3,6-7,10-12,17-19H,4-5,8-9,13-14H2,(H,25,29)(H,26,33)(H,27,30). The number of benzene rings is 2. The lowest BCUT2D eigenvalue weighted by Crippen LogP contribution is -2.68. The first-order chi connectivity index (χ1) is 16.1. The Kier molecular flexibility index (Phi) is 6.04. The molecule has 0 aromatic heterocycles. The molecular formula is C24H26N4O4S. The van der Waals surface area contributed by atoms with Crippen molar-refractivity contribution in [3.63, 3.8) is 0 Å². The summed E-state index contributed by atoms with van der Waals surface area (Å²) in [5.41, 5.74) is 1.44. The molecule has 2 aromatic rings.